The fraction of sp³-hybridized carbons (Fsp3) is 0.375. The van der Waals surface area contributed by atoms with E-state index in [1.807, 2.05) is 30.7 Å². The van der Waals surface area contributed by atoms with Crippen LogP contribution in [-0.4, -0.2) is 15.8 Å². The van der Waals surface area contributed by atoms with Crippen LogP contribution in [0.2, 0.25) is 0 Å². The van der Waals surface area contributed by atoms with Crippen LogP contribution in [0.25, 0.3) is 11.3 Å². The maximum Gasteiger partial charge on any atom is 0.168 e. The number of aromatic nitrogens is 2. The highest BCUT2D eigenvalue weighted by Gasteiger charge is 2.13. The number of hydrogen-bond donors (Lipinski definition) is 0. The lowest BCUT2D eigenvalue weighted by molar-refractivity contribution is 0.111. The van der Waals surface area contributed by atoms with Gasteiger partial charge in [-0.2, -0.15) is 0 Å². The van der Waals surface area contributed by atoms with E-state index in [9.17, 15) is 4.79 Å². The molecule has 2 rings (SSSR count). The van der Waals surface area contributed by atoms with E-state index in [1.165, 1.54) is 5.56 Å². The molecule has 0 amide bonds. The van der Waals surface area contributed by atoms with E-state index in [2.05, 4.69) is 31.0 Å². The second-order valence-corrected chi connectivity index (χ2v) is 5.36. The van der Waals surface area contributed by atoms with Gasteiger partial charge in [0.25, 0.3) is 0 Å². The summed E-state index contributed by atoms with van der Waals surface area (Å²) in [5.41, 5.74) is 3.72. The van der Waals surface area contributed by atoms with Gasteiger partial charge in [0.05, 0.1) is 5.69 Å². The molecule has 0 saturated heterocycles. The van der Waals surface area contributed by atoms with Crippen molar-refractivity contribution in [3.63, 3.8) is 0 Å². The van der Waals surface area contributed by atoms with Crippen LogP contribution in [-0.2, 0) is 13.5 Å². The number of hydrogen-bond acceptors (Lipinski definition) is 2. The molecule has 0 aliphatic heterocycles. The molecule has 0 fully saturated rings. The molecule has 0 spiro atoms. The van der Waals surface area contributed by atoms with Crippen molar-refractivity contribution in [2.24, 2.45) is 13.0 Å². The summed E-state index contributed by atoms with van der Waals surface area (Å²) in [4.78, 5) is 15.7. The first-order valence-electron chi connectivity index (χ1n) is 6.60. The Bertz CT molecular complexity index is 580. The maximum absolute atomic E-state index is 11.2. The van der Waals surface area contributed by atoms with E-state index in [4.69, 9.17) is 0 Å². The summed E-state index contributed by atoms with van der Waals surface area (Å²) in [5, 5.41) is 0. The number of imidazole rings is 1. The summed E-state index contributed by atoms with van der Waals surface area (Å²) in [6.07, 6.45) is 1.94. The molecule has 0 unspecified atom stereocenters. The molecule has 0 aliphatic carbocycles. The molecule has 1 aromatic carbocycles. The van der Waals surface area contributed by atoms with Crippen LogP contribution in [0.5, 0.6) is 0 Å². The fourth-order valence-electron chi connectivity index (χ4n) is 2.24. The van der Waals surface area contributed by atoms with Gasteiger partial charge in [-0.1, -0.05) is 38.1 Å². The Morgan fingerprint density at radius 2 is 1.89 bits per heavy atom. The highest BCUT2D eigenvalue weighted by atomic mass is 16.1. The van der Waals surface area contributed by atoms with Crippen LogP contribution in [0.4, 0.5) is 0 Å². The highest BCUT2D eigenvalue weighted by molar-refractivity contribution is 5.84. The molecule has 0 saturated carbocycles. The van der Waals surface area contributed by atoms with E-state index in [0.29, 0.717) is 11.6 Å². The van der Waals surface area contributed by atoms with Gasteiger partial charge in [-0.25, -0.2) is 4.98 Å². The zero-order chi connectivity index (χ0) is 14.0. The normalized spacial score (nSPS) is 11.0. The van der Waals surface area contributed by atoms with Gasteiger partial charge in [0, 0.05) is 12.6 Å². The van der Waals surface area contributed by atoms with Gasteiger partial charge >= 0.3 is 0 Å². The highest BCUT2D eigenvalue weighted by Crippen LogP contribution is 2.23. The fourth-order valence-corrected chi connectivity index (χ4v) is 2.24. The van der Waals surface area contributed by atoms with Gasteiger partial charge in [0.1, 0.15) is 11.5 Å². The largest absolute Gasteiger partial charge is 0.329 e. The van der Waals surface area contributed by atoms with Crippen LogP contribution >= 0.6 is 0 Å². The average molecular weight is 256 g/mol. The van der Waals surface area contributed by atoms with Crippen LogP contribution in [0.15, 0.2) is 24.3 Å². The number of carbonyl (C=O) groups excluding carboxylic acids is 1. The van der Waals surface area contributed by atoms with Gasteiger partial charge in [-0.05, 0) is 24.8 Å². The Kier molecular flexibility index (Phi) is 3.84. The van der Waals surface area contributed by atoms with Gasteiger partial charge in [0.2, 0.25) is 0 Å². The number of nitrogens with zero attached hydrogens (tertiary/aromatic N) is 2. The smallest absolute Gasteiger partial charge is 0.168 e. The van der Waals surface area contributed by atoms with Crippen LogP contribution in [0, 0.1) is 12.8 Å². The summed E-state index contributed by atoms with van der Waals surface area (Å²) in [5.74, 6) is 1.50. The van der Waals surface area contributed by atoms with E-state index >= 15 is 0 Å². The van der Waals surface area contributed by atoms with Gasteiger partial charge in [-0.3, -0.25) is 4.79 Å². The van der Waals surface area contributed by atoms with Crippen molar-refractivity contribution in [3.8, 4) is 11.3 Å². The molecular weight excluding hydrogens is 236 g/mol. The molecule has 0 atom stereocenters. The third-order valence-electron chi connectivity index (χ3n) is 3.35. The summed E-state index contributed by atoms with van der Waals surface area (Å²) < 4.78 is 1.82. The maximum atomic E-state index is 11.2. The lowest BCUT2D eigenvalue weighted by Crippen LogP contribution is -1.97. The minimum absolute atomic E-state index is 0.633. The van der Waals surface area contributed by atoms with Gasteiger partial charge < -0.3 is 4.57 Å². The monoisotopic (exact) mass is 256 g/mol. The molecule has 3 nitrogen and oxygen atoms in total. The first kappa shape index (κ1) is 13.5. The molecule has 3 heteroatoms. The Morgan fingerprint density at radius 1 is 1.26 bits per heavy atom. The molecule has 0 radical (unpaired) electrons. The van der Waals surface area contributed by atoms with Crippen molar-refractivity contribution < 1.29 is 4.79 Å². The van der Waals surface area contributed by atoms with Gasteiger partial charge in [0.15, 0.2) is 6.29 Å². The number of rotatable bonds is 4. The lowest BCUT2D eigenvalue weighted by atomic mass is 10.0. The Morgan fingerprint density at radius 3 is 2.42 bits per heavy atom. The number of aldehydes is 1. The molecule has 0 bridgehead atoms. The summed E-state index contributed by atoms with van der Waals surface area (Å²) in [6, 6.07) is 8.33. The van der Waals surface area contributed by atoms with E-state index < -0.39 is 0 Å². The van der Waals surface area contributed by atoms with Crippen LogP contribution < -0.4 is 0 Å². The molecule has 100 valence electrons. The lowest BCUT2D eigenvalue weighted by Gasteiger charge is -2.06. The minimum atomic E-state index is 0.633. The van der Waals surface area contributed by atoms with E-state index in [-0.39, 0.29) is 0 Å². The van der Waals surface area contributed by atoms with Crippen LogP contribution in [0.1, 0.15) is 35.7 Å². The third kappa shape index (κ3) is 2.75. The summed E-state index contributed by atoms with van der Waals surface area (Å²) in [6.45, 7) is 6.32. The molecule has 0 aliphatic rings. The second kappa shape index (κ2) is 5.39. The second-order valence-electron chi connectivity index (χ2n) is 5.36. The van der Waals surface area contributed by atoms with Crippen molar-refractivity contribution >= 4 is 6.29 Å². The standard InChI is InChI=1S/C16H20N2O/c1-11(2)9-13-5-7-14(8-6-13)16-15(10-19)18(4)12(3)17-16/h5-8,10-11H,9H2,1-4H3. The zero-order valence-corrected chi connectivity index (χ0v) is 12.0. The molecule has 1 aromatic heterocycles. The topological polar surface area (TPSA) is 34.9 Å². The first-order chi connectivity index (χ1) is 9.02. The zero-order valence-electron chi connectivity index (χ0n) is 12.0. The van der Waals surface area contributed by atoms with Crippen molar-refractivity contribution in [1.82, 2.24) is 9.55 Å². The summed E-state index contributed by atoms with van der Waals surface area (Å²) >= 11 is 0. The number of aryl methyl sites for hydroxylation is 1. The van der Waals surface area contributed by atoms with Crippen LogP contribution in [0.3, 0.4) is 0 Å². The Labute approximate surface area is 114 Å². The predicted octanol–water partition coefficient (Wildman–Crippen LogP) is 3.41. The summed E-state index contributed by atoms with van der Waals surface area (Å²) in [7, 11) is 1.86. The average Bonchev–Trinajstić information content (AvgIpc) is 2.65. The molecule has 1 heterocycles. The van der Waals surface area contributed by atoms with Gasteiger partial charge in [-0.15, -0.1) is 0 Å². The molecule has 2 aromatic rings. The molecule has 0 N–H and O–H groups in total. The van der Waals surface area contributed by atoms with Crippen molar-refractivity contribution in [2.75, 3.05) is 0 Å². The SMILES string of the molecule is Cc1nc(-c2ccc(CC(C)C)cc2)c(C=O)n1C. The molecule has 19 heavy (non-hydrogen) atoms. The number of benzene rings is 1. The Hall–Kier alpha value is -1.90. The Balaban J connectivity index is 2.37. The van der Waals surface area contributed by atoms with Crippen molar-refractivity contribution in [1.29, 1.82) is 0 Å². The molecular formula is C16H20N2O. The quantitative estimate of drug-likeness (QED) is 0.786. The number of carbonyl (C=O) groups is 1. The first-order valence-corrected chi connectivity index (χ1v) is 6.60. The predicted molar refractivity (Wildman–Crippen MR) is 77.3 cm³/mol. The van der Waals surface area contributed by atoms with Crippen molar-refractivity contribution in [2.45, 2.75) is 27.2 Å². The van der Waals surface area contributed by atoms with E-state index in [1.54, 1.807) is 0 Å². The minimum Gasteiger partial charge on any atom is -0.329 e. The van der Waals surface area contributed by atoms with E-state index in [0.717, 1.165) is 29.8 Å². The van der Waals surface area contributed by atoms with Crippen molar-refractivity contribution in [3.05, 3.63) is 41.3 Å². The third-order valence-corrected chi connectivity index (χ3v) is 3.35.